The Morgan fingerprint density at radius 3 is 2.54 bits per heavy atom. The number of sulfonamides is 2. The van der Waals surface area contributed by atoms with Gasteiger partial charge in [0.05, 0.1) is 11.9 Å². The molecule has 194 valence electrons. The maximum atomic E-state index is 13.9. The number of amidine groups is 1. The Kier molecular flexibility index (Phi) is 5.46. The summed E-state index contributed by atoms with van der Waals surface area (Å²) in [5, 5.41) is 2.91. The van der Waals surface area contributed by atoms with E-state index < -0.39 is 31.9 Å². The number of Topliss-reactive ketones (excluding diaryl/α,β-unsaturated/α-hetero) is 1. The third kappa shape index (κ3) is 4.11. The minimum absolute atomic E-state index is 0.0638. The van der Waals surface area contributed by atoms with Gasteiger partial charge in [0.15, 0.2) is 11.7 Å². The summed E-state index contributed by atoms with van der Waals surface area (Å²) in [6.45, 7) is 0.338. The number of nitrogens with zero attached hydrogens (tertiary/aromatic N) is 2. The predicted molar refractivity (Wildman–Crippen MR) is 137 cm³/mol. The van der Waals surface area contributed by atoms with E-state index in [0.29, 0.717) is 6.54 Å². The first kappa shape index (κ1) is 24.1. The summed E-state index contributed by atoms with van der Waals surface area (Å²) in [5.74, 6) is -2.17. The van der Waals surface area contributed by atoms with E-state index in [9.17, 15) is 26.4 Å². The Bertz CT molecular complexity index is 1550. The normalized spacial score (nSPS) is 29.8. The number of piperidine rings is 1. The van der Waals surface area contributed by atoms with Gasteiger partial charge in [-0.05, 0) is 54.9 Å². The molecule has 0 aromatic heterocycles. The summed E-state index contributed by atoms with van der Waals surface area (Å²) < 4.78 is 55.6. The number of benzene rings is 2. The molecule has 37 heavy (non-hydrogen) atoms. The van der Waals surface area contributed by atoms with Crippen molar-refractivity contribution in [3.8, 4) is 0 Å². The minimum atomic E-state index is -4.31. The lowest BCUT2D eigenvalue weighted by Gasteiger charge is -2.45. The van der Waals surface area contributed by atoms with Gasteiger partial charge >= 0.3 is 0 Å². The van der Waals surface area contributed by atoms with Gasteiger partial charge in [0, 0.05) is 24.2 Å². The molecule has 2 heterocycles. The summed E-state index contributed by atoms with van der Waals surface area (Å²) in [6.07, 6.45) is 3.76. The SMILES string of the molecule is CS(=O)(=O)Nc1ccc2c(c1)S(=O)(=O)N=C(C1C(=O)C3C4CCC(C4)C3N(Cc3ccccc3)C1=O)N2. The first-order chi connectivity index (χ1) is 17.5. The fourth-order valence-electron chi connectivity index (χ4n) is 6.53. The molecule has 4 aliphatic rings. The number of amides is 1. The standard InChI is InChI=1S/C25H26N4O6S2/c1-36(32,33)27-17-9-10-18-19(12-17)37(34,35)28-24(26-18)21-23(30)20-15-7-8-16(11-15)22(20)29(25(21)31)13-14-5-3-2-4-6-14/h2-6,9-10,12,15-16,20-22,27H,7-8,11,13H2,1H3,(H,26,28). The Balaban J connectivity index is 1.38. The number of carbonyl (C=O) groups is 2. The zero-order valence-electron chi connectivity index (χ0n) is 20.0. The number of ketones is 1. The summed E-state index contributed by atoms with van der Waals surface area (Å²) in [7, 11) is -7.93. The van der Waals surface area contributed by atoms with E-state index in [1.807, 2.05) is 30.3 Å². The molecular weight excluding hydrogens is 516 g/mol. The number of hydrogen-bond acceptors (Lipinski definition) is 7. The lowest BCUT2D eigenvalue weighted by Crippen LogP contribution is -2.61. The molecule has 1 saturated heterocycles. The summed E-state index contributed by atoms with van der Waals surface area (Å²) in [4.78, 5) is 29.2. The second-order valence-corrected chi connectivity index (χ2v) is 13.6. The molecule has 0 radical (unpaired) electrons. The predicted octanol–water partition coefficient (Wildman–Crippen LogP) is 2.21. The summed E-state index contributed by atoms with van der Waals surface area (Å²) >= 11 is 0. The largest absolute Gasteiger partial charge is 0.341 e. The van der Waals surface area contributed by atoms with Crippen molar-refractivity contribution in [2.75, 3.05) is 16.3 Å². The van der Waals surface area contributed by atoms with Crippen LogP contribution in [0.2, 0.25) is 0 Å². The van der Waals surface area contributed by atoms with Crippen molar-refractivity contribution in [1.82, 2.24) is 4.90 Å². The molecule has 10 nitrogen and oxygen atoms in total. The molecule has 5 unspecified atom stereocenters. The van der Waals surface area contributed by atoms with E-state index in [1.165, 1.54) is 12.1 Å². The van der Waals surface area contributed by atoms with Crippen molar-refractivity contribution in [3.63, 3.8) is 0 Å². The zero-order chi connectivity index (χ0) is 26.1. The van der Waals surface area contributed by atoms with Crippen LogP contribution in [-0.4, -0.2) is 51.6 Å². The number of fused-ring (bicyclic) bond motifs is 6. The number of hydrogen-bond donors (Lipinski definition) is 2. The highest BCUT2D eigenvalue weighted by atomic mass is 32.2. The fourth-order valence-corrected chi connectivity index (χ4v) is 8.27. The molecule has 2 aliphatic carbocycles. The van der Waals surface area contributed by atoms with Crippen molar-refractivity contribution in [2.45, 2.75) is 36.7 Å². The molecule has 2 aromatic rings. The second-order valence-electron chi connectivity index (χ2n) is 10.3. The average molecular weight is 543 g/mol. The van der Waals surface area contributed by atoms with Gasteiger partial charge in [-0.15, -0.1) is 4.40 Å². The molecule has 3 fully saturated rings. The van der Waals surface area contributed by atoms with E-state index in [0.717, 1.165) is 37.1 Å². The van der Waals surface area contributed by atoms with Crippen molar-refractivity contribution in [2.24, 2.45) is 28.1 Å². The van der Waals surface area contributed by atoms with Crippen LogP contribution in [0.3, 0.4) is 0 Å². The van der Waals surface area contributed by atoms with E-state index in [1.54, 1.807) is 4.90 Å². The molecule has 2 aliphatic heterocycles. The topological polar surface area (TPSA) is 142 Å². The quantitative estimate of drug-likeness (QED) is 0.552. The monoisotopic (exact) mass is 542 g/mol. The van der Waals surface area contributed by atoms with Crippen LogP contribution in [0.1, 0.15) is 24.8 Å². The maximum Gasteiger partial charge on any atom is 0.286 e. The third-order valence-corrected chi connectivity index (χ3v) is 9.83. The maximum absolute atomic E-state index is 13.9. The highest BCUT2D eigenvalue weighted by Gasteiger charge is 2.60. The van der Waals surface area contributed by atoms with Crippen LogP contribution in [0.5, 0.6) is 0 Å². The number of anilines is 2. The van der Waals surface area contributed by atoms with Crippen LogP contribution >= 0.6 is 0 Å². The van der Waals surface area contributed by atoms with Crippen molar-refractivity contribution in [1.29, 1.82) is 0 Å². The average Bonchev–Trinajstić information content (AvgIpc) is 3.44. The van der Waals surface area contributed by atoms with Crippen molar-refractivity contribution >= 4 is 48.9 Å². The van der Waals surface area contributed by atoms with Crippen LogP contribution in [0.25, 0.3) is 0 Å². The first-order valence-corrected chi connectivity index (χ1v) is 15.5. The Morgan fingerprint density at radius 2 is 1.81 bits per heavy atom. The molecule has 2 saturated carbocycles. The molecule has 2 aromatic carbocycles. The molecule has 5 atom stereocenters. The van der Waals surface area contributed by atoms with Gasteiger partial charge in [0.1, 0.15) is 10.7 Å². The number of likely N-dealkylation sites (tertiary alicyclic amines) is 1. The second kappa shape index (κ2) is 8.38. The number of carbonyl (C=O) groups excluding carboxylic acids is 2. The highest BCUT2D eigenvalue weighted by Crippen LogP contribution is 2.54. The Labute approximate surface area is 215 Å². The van der Waals surface area contributed by atoms with Crippen LogP contribution in [-0.2, 0) is 36.2 Å². The highest BCUT2D eigenvalue weighted by molar-refractivity contribution is 7.92. The van der Waals surface area contributed by atoms with Crippen molar-refractivity contribution < 1.29 is 26.4 Å². The molecule has 2 bridgehead atoms. The van der Waals surface area contributed by atoms with Crippen molar-refractivity contribution in [3.05, 3.63) is 54.1 Å². The van der Waals surface area contributed by atoms with Gasteiger partial charge in [-0.3, -0.25) is 14.3 Å². The molecular formula is C25H26N4O6S2. The van der Waals surface area contributed by atoms with Crippen LogP contribution in [0, 0.1) is 23.7 Å². The Hall–Kier alpha value is -3.25. The van der Waals surface area contributed by atoms with Gasteiger partial charge in [-0.25, -0.2) is 8.42 Å². The molecule has 1 amide bonds. The third-order valence-electron chi connectivity index (χ3n) is 7.89. The fraction of sp³-hybridized carbons (Fsp3) is 0.400. The van der Waals surface area contributed by atoms with Gasteiger partial charge in [0.25, 0.3) is 10.0 Å². The first-order valence-electron chi connectivity index (χ1n) is 12.1. The van der Waals surface area contributed by atoms with Crippen LogP contribution in [0.4, 0.5) is 11.4 Å². The minimum Gasteiger partial charge on any atom is -0.341 e. The number of rotatable bonds is 5. The van der Waals surface area contributed by atoms with Gasteiger partial charge in [0.2, 0.25) is 15.9 Å². The van der Waals surface area contributed by atoms with Gasteiger partial charge in [-0.1, -0.05) is 30.3 Å². The van der Waals surface area contributed by atoms with Crippen LogP contribution in [0.15, 0.2) is 57.8 Å². The lowest BCUT2D eigenvalue weighted by atomic mass is 9.73. The summed E-state index contributed by atoms with van der Waals surface area (Å²) in [5.41, 5.74) is 1.14. The lowest BCUT2D eigenvalue weighted by molar-refractivity contribution is -0.153. The van der Waals surface area contributed by atoms with Gasteiger partial charge < -0.3 is 10.2 Å². The van der Waals surface area contributed by atoms with Gasteiger partial charge in [-0.2, -0.15) is 8.42 Å². The molecule has 0 spiro atoms. The Morgan fingerprint density at radius 1 is 1.08 bits per heavy atom. The van der Waals surface area contributed by atoms with E-state index >= 15 is 0 Å². The molecule has 6 rings (SSSR count). The number of nitrogens with one attached hydrogen (secondary N) is 2. The van der Waals surface area contributed by atoms with E-state index in [4.69, 9.17) is 0 Å². The van der Waals surface area contributed by atoms with E-state index in [2.05, 4.69) is 14.4 Å². The zero-order valence-corrected chi connectivity index (χ0v) is 21.6. The summed E-state index contributed by atoms with van der Waals surface area (Å²) in [6, 6.07) is 13.3. The van der Waals surface area contributed by atoms with E-state index in [-0.39, 0.29) is 51.7 Å². The molecule has 12 heteroatoms. The smallest absolute Gasteiger partial charge is 0.286 e. The van der Waals surface area contributed by atoms with Crippen LogP contribution < -0.4 is 10.0 Å². The molecule has 2 N–H and O–H groups in total.